The number of benzene rings is 1. The van der Waals surface area contributed by atoms with Crippen molar-refractivity contribution < 1.29 is 33.4 Å². The number of amides is 3. The minimum absolute atomic E-state index is 0.226. The number of imide groups is 1. The maximum Gasteiger partial charge on any atom is 0.323 e. The molecular weight excluding hydrogens is 461 g/mol. The number of carboxylic acid groups (broad SMARTS) is 1. The van der Waals surface area contributed by atoms with Crippen molar-refractivity contribution >= 4 is 31.2 Å². The predicted octanol–water partition coefficient (Wildman–Crippen LogP) is 2.74. The van der Waals surface area contributed by atoms with Crippen molar-refractivity contribution in [1.29, 1.82) is 0 Å². The number of nitrogens with one attached hydrogen (secondary N) is 1. The van der Waals surface area contributed by atoms with Gasteiger partial charge < -0.3 is 14.5 Å². The molecular formula is C23H32N3O7P. The topological polar surface area (TPSA) is 133 Å². The fourth-order valence-electron chi connectivity index (χ4n) is 4.38. The van der Waals surface area contributed by atoms with Gasteiger partial charge in [0.25, 0.3) is 19.3 Å². The Labute approximate surface area is 199 Å². The number of aliphatic carboxylic acids is 1. The van der Waals surface area contributed by atoms with Crippen LogP contribution in [0.2, 0.25) is 0 Å². The van der Waals surface area contributed by atoms with Gasteiger partial charge in [-0.15, -0.1) is 0 Å². The van der Waals surface area contributed by atoms with Crippen molar-refractivity contribution in [3.8, 4) is 0 Å². The highest BCUT2D eigenvalue weighted by Gasteiger charge is 2.36. The molecule has 34 heavy (non-hydrogen) atoms. The molecule has 0 saturated carbocycles. The molecule has 2 aliphatic heterocycles. The lowest BCUT2D eigenvalue weighted by atomic mass is 10.1. The van der Waals surface area contributed by atoms with Crippen LogP contribution in [0.5, 0.6) is 0 Å². The average molecular weight is 493 g/mol. The predicted molar refractivity (Wildman–Crippen MR) is 125 cm³/mol. The number of carbonyl (C=O) groups is 4. The second-order valence-electron chi connectivity index (χ2n) is 8.51. The van der Waals surface area contributed by atoms with Gasteiger partial charge in [-0.25, -0.2) is 5.09 Å². The molecule has 1 aromatic rings. The number of unbranched alkanes of at least 4 members (excludes halogenated alkanes) is 3. The van der Waals surface area contributed by atoms with Crippen LogP contribution in [0.4, 0.5) is 0 Å². The van der Waals surface area contributed by atoms with E-state index in [1.807, 2.05) is 0 Å². The van der Waals surface area contributed by atoms with E-state index in [2.05, 4.69) is 5.09 Å². The van der Waals surface area contributed by atoms with Crippen LogP contribution in [0, 0.1) is 0 Å². The Bertz CT molecular complexity index is 948. The van der Waals surface area contributed by atoms with Crippen molar-refractivity contribution in [2.45, 2.75) is 51.5 Å². The molecule has 3 rings (SSSR count). The highest BCUT2D eigenvalue weighted by atomic mass is 31.2. The summed E-state index contributed by atoms with van der Waals surface area (Å²) in [4.78, 5) is 50.9. The van der Waals surface area contributed by atoms with E-state index in [1.165, 1.54) is 9.80 Å². The van der Waals surface area contributed by atoms with Crippen molar-refractivity contribution in [2.75, 3.05) is 32.4 Å². The van der Waals surface area contributed by atoms with E-state index in [4.69, 9.17) is 9.63 Å². The summed E-state index contributed by atoms with van der Waals surface area (Å²) in [5.74, 6) is -1.97. The minimum Gasteiger partial charge on any atom is -0.480 e. The van der Waals surface area contributed by atoms with Gasteiger partial charge in [-0.2, -0.15) is 0 Å². The molecule has 11 heteroatoms. The zero-order valence-corrected chi connectivity index (χ0v) is 20.3. The summed E-state index contributed by atoms with van der Waals surface area (Å²) in [6.07, 6.45) is 4.05. The van der Waals surface area contributed by atoms with Crippen LogP contribution < -0.4 is 5.09 Å². The van der Waals surface area contributed by atoms with Gasteiger partial charge in [-0.3, -0.25) is 28.6 Å². The standard InChI is InChI=1S/C23H32N3O7P/c1-2-33-34(32,24-19-12-9-13-25(23(19)31)16-20(27)28)15-8-4-3-7-14-26-21(29)17-10-5-6-11-18(17)22(26)30/h5-6,10-11,19H,2-4,7-9,12-16H2,1H3,(H,24,32)(H,27,28). The molecule has 0 aliphatic carbocycles. The fourth-order valence-corrected chi connectivity index (χ4v) is 6.48. The van der Waals surface area contributed by atoms with E-state index in [-0.39, 0.29) is 37.0 Å². The summed E-state index contributed by atoms with van der Waals surface area (Å²) in [6, 6.07) is 6.07. The van der Waals surface area contributed by atoms with Gasteiger partial charge in [0.1, 0.15) is 6.54 Å². The van der Waals surface area contributed by atoms with Crippen molar-refractivity contribution in [1.82, 2.24) is 14.9 Å². The fraction of sp³-hybridized carbons (Fsp3) is 0.565. The van der Waals surface area contributed by atoms with E-state index >= 15 is 0 Å². The number of likely N-dealkylation sites (tertiary alicyclic amines) is 1. The first-order valence-electron chi connectivity index (χ1n) is 11.7. The second kappa shape index (κ2) is 11.7. The van der Waals surface area contributed by atoms with Gasteiger partial charge in [0.05, 0.1) is 23.8 Å². The number of carboxylic acids is 1. The number of nitrogens with zero attached hydrogens (tertiary/aromatic N) is 2. The first-order valence-corrected chi connectivity index (χ1v) is 13.5. The minimum atomic E-state index is -3.28. The van der Waals surface area contributed by atoms with Gasteiger partial charge in [0.2, 0.25) is 5.91 Å². The largest absolute Gasteiger partial charge is 0.480 e. The van der Waals surface area contributed by atoms with Crippen LogP contribution in [0.25, 0.3) is 0 Å². The van der Waals surface area contributed by atoms with Gasteiger partial charge in [0.15, 0.2) is 0 Å². The third-order valence-electron chi connectivity index (χ3n) is 6.01. The number of carbonyl (C=O) groups excluding carboxylic acids is 3. The SMILES string of the molecule is CCOP(=O)(CCCCCCN1C(=O)c2ccccc2C1=O)NC1CCCN(CC(=O)O)C1=O. The normalized spacial score (nSPS) is 19.9. The summed E-state index contributed by atoms with van der Waals surface area (Å²) >= 11 is 0. The van der Waals surface area contributed by atoms with Gasteiger partial charge in [0, 0.05) is 19.3 Å². The van der Waals surface area contributed by atoms with E-state index in [1.54, 1.807) is 31.2 Å². The summed E-state index contributed by atoms with van der Waals surface area (Å²) in [6.45, 7) is 2.29. The Kier molecular flexibility index (Phi) is 8.99. The zero-order valence-electron chi connectivity index (χ0n) is 19.4. The van der Waals surface area contributed by atoms with E-state index < -0.39 is 19.5 Å². The molecule has 1 saturated heterocycles. The first kappa shape index (κ1) is 26.1. The number of piperidine rings is 1. The maximum absolute atomic E-state index is 13.3. The number of rotatable bonds is 13. The van der Waals surface area contributed by atoms with Crippen molar-refractivity contribution in [3.05, 3.63) is 35.4 Å². The number of hydrogen-bond donors (Lipinski definition) is 2. The molecule has 186 valence electrons. The van der Waals surface area contributed by atoms with Crippen LogP contribution in [0.15, 0.2) is 24.3 Å². The summed E-state index contributed by atoms with van der Waals surface area (Å²) in [7, 11) is -3.28. The van der Waals surface area contributed by atoms with E-state index in [0.717, 1.165) is 12.8 Å². The van der Waals surface area contributed by atoms with Crippen LogP contribution in [-0.4, -0.2) is 77.0 Å². The highest BCUT2D eigenvalue weighted by molar-refractivity contribution is 7.56. The molecule has 1 aromatic carbocycles. The van der Waals surface area contributed by atoms with Gasteiger partial charge in [-0.1, -0.05) is 25.0 Å². The second-order valence-corrected chi connectivity index (χ2v) is 10.8. The van der Waals surface area contributed by atoms with Gasteiger partial charge >= 0.3 is 5.97 Å². The summed E-state index contributed by atoms with van der Waals surface area (Å²) in [5.41, 5.74) is 0.880. The Morgan fingerprint density at radius 1 is 1.12 bits per heavy atom. The molecule has 0 radical (unpaired) electrons. The van der Waals surface area contributed by atoms with Crippen molar-refractivity contribution in [2.24, 2.45) is 0 Å². The molecule has 0 aromatic heterocycles. The average Bonchev–Trinajstić information content (AvgIpc) is 3.03. The number of hydrogen-bond acceptors (Lipinski definition) is 6. The Balaban J connectivity index is 1.43. The molecule has 2 N–H and O–H groups in total. The molecule has 2 heterocycles. The third kappa shape index (κ3) is 6.31. The molecule has 0 spiro atoms. The first-order chi connectivity index (χ1) is 16.3. The van der Waals surface area contributed by atoms with Crippen molar-refractivity contribution in [3.63, 3.8) is 0 Å². The Morgan fingerprint density at radius 3 is 2.38 bits per heavy atom. The van der Waals surface area contributed by atoms with Crippen LogP contribution in [0.3, 0.4) is 0 Å². The third-order valence-corrected chi connectivity index (χ3v) is 8.29. The lowest BCUT2D eigenvalue weighted by Crippen LogP contribution is -2.51. The summed E-state index contributed by atoms with van der Waals surface area (Å²) in [5, 5.41) is 11.9. The lowest BCUT2D eigenvalue weighted by Gasteiger charge is -2.33. The summed E-state index contributed by atoms with van der Waals surface area (Å²) < 4.78 is 18.8. The van der Waals surface area contributed by atoms with Crippen LogP contribution >= 0.6 is 7.52 Å². The maximum atomic E-state index is 13.3. The molecule has 3 amide bonds. The van der Waals surface area contributed by atoms with Crippen LogP contribution in [0.1, 0.15) is 66.2 Å². The lowest BCUT2D eigenvalue weighted by molar-refractivity contribution is -0.146. The van der Waals surface area contributed by atoms with E-state index in [0.29, 0.717) is 49.9 Å². The molecule has 2 atom stereocenters. The molecule has 1 fully saturated rings. The van der Waals surface area contributed by atoms with Gasteiger partial charge in [-0.05, 0) is 44.7 Å². The molecule has 2 unspecified atom stereocenters. The molecule has 10 nitrogen and oxygen atoms in total. The quantitative estimate of drug-likeness (QED) is 0.243. The smallest absolute Gasteiger partial charge is 0.323 e. The monoisotopic (exact) mass is 493 g/mol. The van der Waals surface area contributed by atoms with Crippen LogP contribution in [-0.2, 0) is 18.7 Å². The molecule has 2 aliphatic rings. The number of fused-ring (bicyclic) bond motifs is 1. The zero-order chi connectivity index (χ0) is 24.7. The Hall–Kier alpha value is -2.55. The van der Waals surface area contributed by atoms with E-state index in [9.17, 15) is 23.7 Å². The highest BCUT2D eigenvalue weighted by Crippen LogP contribution is 2.44. The Morgan fingerprint density at radius 2 is 1.76 bits per heavy atom. The molecule has 0 bridgehead atoms.